The van der Waals surface area contributed by atoms with Crippen molar-refractivity contribution in [2.45, 2.75) is 37.6 Å². The smallest absolute Gasteiger partial charge is 0.266 e. The molecule has 3 aromatic carbocycles. The lowest BCUT2D eigenvalue weighted by molar-refractivity contribution is -0.123. The van der Waals surface area contributed by atoms with E-state index in [4.69, 9.17) is 17.3 Å². The number of hydrogen-bond donors (Lipinski definition) is 0. The maximum absolute atomic E-state index is 13.5. The molecule has 7 heteroatoms. The normalized spacial score (nSPS) is 15.4. The fourth-order valence-corrected chi connectivity index (χ4v) is 6.72. The molecule has 192 valence electrons. The molecule has 1 atom stereocenters. The molecule has 0 aliphatic carbocycles. The summed E-state index contributed by atoms with van der Waals surface area (Å²) in [5.74, 6) is 1.05. The molecule has 1 amide bonds. The van der Waals surface area contributed by atoms with Crippen molar-refractivity contribution in [3.05, 3.63) is 107 Å². The van der Waals surface area contributed by atoms with E-state index in [2.05, 4.69) is 31.2 Å². The van der Waals surface area contributed by atoms with E-state index in [0.29, 0.717) is 9.23 Å². The molecule has 0 N–H and O–H groups in total. The number of thioether (sulfide) groups is 2. The first-order chi connectivity index (χ1) is 18.5. The predicted molar refractivity (Wildman–Crippen MR) is 165 cm³/mol. The average molecular weight is 556 g/mol. The van der Waals surface area contributed by atoms with Gasteiger partial charge in [-0.25, -0.2) is 4.68 Å². The molecule has 0 saturated carbocycles. The van der Waals surface area contributed by atoms with Crippen LogP contribution >= 0.6 is 35.7 Å². The fraction of sp³-hybridized carbons (Fsp3) is 0.194. The number of carbonyl (C=O) groups is 1. The summed E-state index contributed by atoms with van der Waals surface area (Å²) in [7, 11) is 0. The van der Waals surface area contributed by atoms with Crippen LogP contribution in [0.4, 0.5) is 0 Å². The highest BCUT2D eigenvalue weighted by Crippen LogP contribution is 2.39. The Balaban J connectivity index is 1.49. The van der Waals surface area contributed by atoms with Crippen LogP contribution in [-0.2, 0) is 4.79 Å². The van der Waals surface area contributed by atoms with Gasteiger partial charge in [-0.3, -0.25) is 9.69 Å². The van der Waals surface area contributed by atoms with Crippen molar-refractivity contribution in [1.29, 1.82) is 0 Å². The van der Waals surface area contributed by atoms with Gasteiger partial charge in [0.15, 0.2) is 0 Å². The van der Waals surface area contributed by atoms with Crippen LogP contribution in [0.15, 0.2) is 101 Å². The van der Waals surface area contributed by atoms with Crippen molar-refractivity contribution in [1.82, 2.24) is 14.7 Å². The molecular formula is C31H29N3OS3. The third kappa shape index (κ3) is 5.80. The number of thiocarbonyl (C=S) groups is 1. The number of amides is 1. The average Bonchev–Trinajstić information content (AvgIpc) is 3.50. The summed E-state index contributed by atoms with van der Waals surface area (Å²) in [5, 5.41) is 4.94. The standard InChI is InChI=1S/C31H29N3OS3/c1-3-4-19-37-27-17-15-24(16-18-27)29-25(21-33(32-29)26-13-9-6-10-14-26)20-28-30(35)34(31(36)38-28)22(2)23-11-7-5-8-12-23/h5-18,20-22H,3-4,19H2,1-2H3/b28-20-. The molecule has 1 aliphatic heterocycles. The topological polar surface area (TPSA) is 38.1 Å². The highest BCUT2D eigenvalue weighted by atomic mass is 32.2. The molecule has 1 fully saturated rings. The van der Waals surface area contributed by atoms with Crippen molar-refractivity contribution in [3.63, 3.8) is 0 Å². The number of nitrogens with zero attached hydrogens (tertiary/aromatic N) is 3. The number of carbonyl (C=O) groups excluding carboxylic acids is 1. The Kier molecular flexibility index (Phi) is 8.47. The van der Waals surface area contributed by atoms with Crippen molar-refractivity contribution in [2.75, 3.05) is 5.75 Å². The highest BCUT2D eigenvalue weighted by Gasteiger charge is 2.36. The van der Waals surface area contributed by atoms with Crippen LogP contribution in [0.1, 0.15) is 43.9 Å². The summed E-state index contributed by atoms with van der Waals surface area (Å²) >= 11 is 8.89. The minimum Gasteiger partial charge on any atom is -0.286 e. The van der Waals surface area contributed by atoms with Crippen LogP contribution in [0.2, 0.25) is 0 Å². The van der Waals surface area contributed by atoms with Gasteiger partial charge in [-0.2, -0.15) is 5.10 Å². The van der Waals surface area contributed by atoms with Crippen LogP contribution in [0.5, 0.6) is 0 Å². The van der Waals surface area contributed by atoms with Crippen molar-refractivity contribution < 1.29 is 4.79 Å². The number of para-hydroxylation sites is 1. The molecule has 38 heavy (non-hydrogen) atoms. The highest BCUT2D eigenvalue weighted by molar-refractivity contribution is 8.26. The monoisotopic (exact) mass is 555 g/mol. The number of rotatable bonds is 9. The minimum atomic E-state index is -0.140. The second kappa shape index (κ2) is 12.2. The van der Waals surface area contributed by atoms with Crippen LogP contribution in [0.25, 0.3) is 23.0 Å². The Morgan fingerprint density at radius 1 is 1.00 bits per heavy atom. The Morgan fingerprint density at radius 2 is 1.68 bits per heavy atom. The second-order valence-corrected chi connectivity index (χ2v) is 11.9. The molecule has 0 radical (unpaired) electrons. The molecule has 5 rings (SSSR count). The SMILES string of the molecule is CCCCSc1ccc(-c2nn(-c3ccccc3)cc2/C=C2\SC(=S)N(C(C)c3ccccc3)C2=O)cc1. The van der Waals surface area contributed by atoms with E-state index in [-0.39, 0.29) is 11.9 Å². The third-order valence-electron chi connectivity index (χ3n) is 6.44. The van der Waals surface area contributed by atoms with E-state index in [1.54, 1.807) is 4.90 Å². The van der Waals surface area contributed by atoms with E-state index < -0.39 is 0 Å². The van der Waals surface area contributed by atoms with Gasteiger partial charge in [-0.15, -0.1) is 11.8 Å². The Labute approximate surface area is 238 Å². The molecule has 1 saturated heterocycles. The maximum atomic E-state index is 13.5. The zero-order chi connectivity index (χ0) is 26.5. The summed E-state index contributed by atoms with van der Waals surface area (Å²) in [6, 6.07) is 28.4. The van der Waals surface area contributed by atoms with E-state index in [1.807, 2.05) is 96.3 Å². The van der Waals surface area contributed by atoms with Gasteiger partial charge in [0, 0.05) is 22.2 Å². The first-order valence-corrected chi connectivity index (χ1v) is 15.0. The second-order valence-electron chi connectivity index (χ2n) is 9.08. The fourth-order valence-electron chi connectivity index (χ4n) is 4.31. The van der Waals surface area contributed by atoms with E-state index in [9.17, 15) is 4.79 Å². The number of benzene rings is 3. The molecule has 4 nitrogen and oxygen atoms in total. The zero-order valence-electron chi connectivity index (χ0n) is 21.4. The van der Waals surface area contributed by atoms with Crippen molar-refractivity contribution >= 4 is 52.0 Å². The van der Waals surface area contributed by atoms with Gasteiger partial charge in [0.05, 0.1) is 22.3 Å². The lowest BCUT2D eigenvalue weighted by Crippen LogP contribution is -2.30. The number of hydrogen-bond acceptors (Lipinski definition) is 5. The van der Waals surface area contributed by atoms with Gasteiger partial charge in [-0.1, -0.05) is 98.0 Å². The summed E-state index contributed by atoms with van der Waals surface area (Å²) < 4.78 is 2.45. The van der Waals surface area contributed by atoms with Gasteiger partial charge >= 0.3 is 0 Å². The molecule has 0 bridgehead atoms. The first-order valence-electron chi connectivity index (χ1n) is 12.8. The Bertz CT molecular complexity index is 1450. The van der Waals surface area contributed by atoms with Gasteiger partial charge in [0.1, 0.15) is 4.32 Å². The third-order valence-corrected chi connectivity index (χ3v) is 8.87. The Hall–Kier alpha value is -3.13. The molecule has 4 aromatic rings. The molecule has 1 unspecified atom stereocenters. The summed E-state index contributed by atoms with van der Waals surface area (Å²) in [4.78, 5) is 17.1. The molecule has 2 heterocycles. The van der Waals surface area contributed by atoms with E-state index >= 15 is 0 Å². The quantitative estimate of drug-likeness (QED) is 0.0897. The van der Waals surface area contributed by atoms with Crippen LogP contribution in [-0.4, -0.2) is 30.7 Å². The van der Waals surface area contributed by atoms with Crippen LogP contribution in [0.3, 0.4) is 0 Å². The first kappa shape index (κ1) is 26.5. The summed E-state index contributed by atoms with van der Waals surface area (Å²) in [6.45, 7) is 4.23. The molecule has 1 aliphatic rings. The van der Waals surface area contributed by atoms with Gasteiger partial charge < -0.3 is 0 Å². The van der Waals surface area contributed by atoms with E-state index in [1.165, 1.54) is 29.5 Å². The van der Waals surface area contributed by atoms with E-state index in [0.717, 1.165) is 33.8 Å². The van der Waals surface area contributed by atoms with Crippen molar-refractivity contribution in [2.24, 2.45) is 0 Å². The molecule has 0 spiro atoms. The minimum absolute atomic E-state index is 0.0718. The summed E-state index contributed by atoms with van der Waals surface area (Å²) in [6.07, 6.45) is 6.32. The van der Waals surface area contributed by atoms with Gasteiger partial charge in [0.2, 0.25) is 0 Å². The maximum Gasteiger partial charge on any atom is 0.266 e. The van der Waals surface area contributed by atoms with Gasteiger partial charge in [-0.05, 0) is 55.0 Å². The molecular weight excluding hydrogens is 527 g/mol. The largest absolute Gasteiger partial charge is 0.286 e. The predicted octanol–water partition coefficient (Wildman–Crippen LogP) is 8.39. The summed E-state index contributed by atoms with van der Waals surface area (Å²) in [5.41, 5.74) is 4.75. The van der Waals surface area contributed by atoms with Crippen LogP contribution < -0.4 is 0 Å². The number of unbranched alkanes of at least 4 members (excludes halogenated alkanes) is 1. The number of aromatic nitrogens is 2. The van der Waals surface area contributed by atoms with Crippen molar-refractivity contribution in [3.8, 4) is 16.9 Å². The lowest BCUT2D eigenvalue weighted by Gasteiger charge is -2.23. The molecule has 1 aromatic heterocycles. The zero-order valence-corrected chi connectivity index (χ0v) is 23.9. The Morgan fingerprint density at radius 3 is 2.37 bits per heavy atom. The van der Waals surface area contributed by atoms with Crippen LogP contribution in [0, 0.1) is 0 Å². The lowest BCUT2D eigenvalue weighted by atomic mass is 10.1. The van der Waals surface area contributed by atoms with Gasteiger partial charge in [0.25, 0.3) is 5.91 Å².